The molecule has 0 saturated carbocycles. The van der Waals surface area contributed by atoms with E-state index in [9.17, 15) is 17.6 Å². The van der Waals surface area contributed by atoms with Crippen molar-refractivity contribution in [3.05, 3.63) is 59.9 Å². The Hall–Kier alpha value is -2.41. The molecule has 2 aliphatic heterocycles. The third-order valence-corrected chi connectivity index (χ3v) is 6.45. The first kappa shape index (κ1) is 16.1. The first-order valence-electron chi connectivity index (χ1n) is 8.01. The molecule has 0 bridgehead atoms. The molecule has 25 heavy (non-hydrogen) atoms. The van der Waals surface area contributed by atoms with Crippen LogP contribution in [0.2, 0.25) is 0 Å². The quantitative estimate of drug-likeness (QED) is 0.774. The van der Waals surface area contributed by atoms with E-state index in [-0.39, 0.29) is 17.5 Å². The Morgan fingerprint density at radius 2 is 1.56 bits per heavy atom. The van der Waals surface area contributed by atoms with E-state index in [1.807, 2.05) is 25.1 Å². The molecule has 2 fully saturated rings. The van der Waals surface area contributed by atoms with Gasteiger partial charge in [-0.1, -0.05) is 12.1 Å². The van der Waals surface area contributed by atoms with Crippen molar-refractivity contribution in [3.63, 3.8) is 0 Å². The Morgan fingerprint density at radius 1 is 0.960 bits per heavy atom. The van der Waals surface area contributed by atoms with Gasteiger partial charge in [0.2, 0.25) is 0 Å². The molecule has 0 N–H and O–H groups in total. The summed E-state index contributed by atoms with van der Waals surface area (Å²) < 4.78 is 37.6. The summed E-state index contributed by atoms with van der Waals surface area (Å²) in [5.41, 5.74) is 2.18. The standard InChI is InChI=1S/C18H17FN2O3S/c1-12-3-2-4-15(9-12)21-17-11-25(23,24)10-16(17)20(18(21)22)14-7-5-13(19)6-8-14/h2-9,16-17H,10-11H2,1H3/t16-,17-/m1/s1. The molecule has 2 amide bonds. The van der Waals surface area contributed by atoms with Crippen LogP contribution in [0.3, 0.4) is 0 Å². The SMILES string of the molecule is Cc1cccc(N2C(=O)N(c3ccc(F)cc3)[C@@H]3CS(=O)(=O)C[C@H]32)c1. The Balaban J connectivity index is 1.81. The maximum Gasteiger partial charge on any atom is 0.329 e. The van der Waals surface area contributed by atoms with Gasteiger partial charge < -0.3 is 0 Å². The van der Waals surface area contributed by atoms with Gasteiger partial charge in [0.1, 0.15) is 5.82 Å². The molecule has 0 spiro atoms. The topological polar surface area (TPSA) is 57.7 Å². The van der Waals surface area contributed by atoms with Crippen LogP contribution in [0.4, 0.5) is 20.6 Å². The van der Waals surface area contributed by atoms with Gasteiger partial charge in [-0.05, 0) is 48.9 Å². The van der Waals surface area contributed by atoms with Crippen molar-refractivity contribution in [1.29, 1.82) is 0 Å². The number of amides is 2. The van der Waals surface area contributed by atoms with Crippen molar-refractivity contribution in [2.75, 3.05) is 21.3 Å². The smallest absolute Gasteiger partial charge is 0.288 e. The lowest BCUT2D eigenvalue weighted by Gasteiger charge is -2.23. The van der Waals surface area contributed by atoms with Gasteiger partial charge in [0.05, 0.1) is 23.6 Å². The van der Waals surface area contributed by atoms with E-state index in [1.54, 1.807) is 11.0 Å². The van der Waals surface area contributed by atoms with E-state index >= 15 is 0 Å². The van der Waals surface area contributed by atoms with Gasteiger partial charge in [-0.3, -0.25) is 9.80 Å². The highest BCUT2D eigenvalue weighted by atomic mass is 32.2. The summed E-state index contributed by atoms with van der Waals surface area (Å²) in [6, 6.07) is 11.8. The minimum absolute atomic E-state index is 0.0605. The third-order valence-electron chi connectivity index (χ3n) is 4.75. The number of urea groups is 1. The van der Waals surface area contributed by atoms with Gasteiger partial charge in [0.25, 0.3) is 0 Å². The van der Waals surface area contributed by atoms with Crippen LogP contribution in [0.25, 0.3) is 0 Å². The van der Waals surface area contributed by atoms with Crippen molar-refractivity contribution in [3.8, 4) is 0 Å². The Labute approximate surface area is 145 Å². The lowest BCUT2D eigenvalue weighted by atomic mass is 10.1. The van der Waals surface area contributed by atoms with Gasteiger partial charge in [0.15, 0.2) is 9.84 Å². The van der Waals surface area contributed by atoms with Gasteiger partial charge in [-0.15, -0.1) is 0 Å². The lowest BCUT2D eigenvalue weighted by Crippen LogP contribution is -2.37. The fourth-order valence-electron chi connectivity index (χ4n) is 3.69. The molecule has 2 aromatic rings. The summed E-state index contributed by atoms with van der Waals surface area (Å²) in [5.74, 6) is -0.542. The minimum Gasteiger partial charge on any atom is -0.288 e. The van der Waals surface area contributed by atoms with Crippen molar-refractivity contribution in [1.82, 2.24) is 0 Å². The Kier molecular flexibility index (Phi) is 3.57. The fourth-order valence-corrected chi connectivity index (χ4v) is 5.61. The van der Waals surface area contributed by atoms with Gasteiger partial charge >= 0.3 is 6.03 Å². The highest BCUT2D eigenvalue weighted by Gasteiger charge is 2.54. The number of fused-ring (bicyclic) bond motifs is 1. The maximum absolute atomic E-state index is 13.2. The number of carbonyl (C=O) groups excluding carboxylic acids is 1. The van der Waals surface area contributed by atoms with E-state index in [0.29, 0.717) is 11.4 Å². The van der Waals surface area contributed by atoms with Crippen LogP contribution in [0.15, 0.2) is 48.5 Å². The first-order valence-corrected chi connectivity index (χ1v) is 9.83. The highest BCUT2D eigenvalue weighted by Crippen LogP contribution is 2.38. The molecule has 2 aromatic carbocycles. The molecule has 2 saturated heterocycles. The average molecular weight is 360 g/mol. The number of carbonyl (C=O) groups is 1. The molecule has 0 aliphatic carbocycles. The summed E-state index contributed by atoms with van der Waals surface area (Å²) in [6.45, 7) is 1.92. The number of sulfone groups is 1. The number of aryl methyl sites for hydroxylation is 1. The van der Waals surface area contributed by atoms with Gasteiger partial charge in [-0.2, -0.15) is 0 Å². The van der Waals surface area contributed by atoms with Crippen LogP contribution >= 0.6 is 0 Å². The van der Waals surface area contributed by atoms with E-state index in [0.717, 1.165) is 5.56 Å². The second-order valence-electron chi connectivity index (χ2n) is 6.55. The van der Waals surface area contributed by atoms with Gasteiger partial charge in [-0.25, -0.2) is 17.6 Å². The fraction of sp³-hybridized carbons (Fsp3) is 0.278. The van der Waals surface area contributed by atoms with E-state index in [4.69, 9.17) is 0 Å². The van der Waals surface area contributed by atoms with Crippen LogP contribution in [-0.4, -0.2) is 38.0 Å². The molecule has 130 valence electrons. The number of hydrogen-bond donors (Lipinski definition) is 0. The molecular weight excluding hydrogens is 343 g/mol. The van der Waals surface area contributed by atoms with Crippen molar-refractivity contribution < 1.29 is 17.6 Å². The first-order chi connectivity index (χ1) is 11.9. The summed E-state index contributed by atoms with van der Waals surface area (Å²) >= 11 is 0. The predicted octanol–water partition coefficient (Wildman–Crippen LogP) is 2.75. The third kappa shape index (κ3) is 2.68. The molecule has 0 radical (unpaired) electrons. The van der Waals surface area contributed by atoms with E-state index in [2.05, 4.69) is 0 Å². The van der Waals surface area contributed by atoms with Crippen LogP contribution in [0.1, 0.15) is 5.56 Å². The zero-order valence-corrected chi connectivity index (χ0v) is 14.4. The molecule has 4 rings (SSSR count). The summed E-state index contributed by atoms with van der Waals surface area (Å²) in [4.78, 5) is 16.1. The maximum atomic E-state index is 13.2. The van der Waals surface area contributed by atoms with E-state index < -0.39 is 27.7 Å². The normalized spacial score (nSPS) is 24.6. The summed E-state index contributed by atoms with van der Waals surface area (Å²) in [6.07, 6.45) is 0. The number of anilines is 2. The second kappa shape index (κ2) is 5.56. The Bertz CT molecular complexity index is 943. The second-order valence-corrected chi connectivity index (χ2v) is 8.70. The molecule has 0 aromatic heterocycles. The van der Waals surface area contributed by atoms with Crippen LogP contribution < -0.4 is 9.80 Å². The number of rotatable bonds is 2. The number of hydrogen-bond acceptors (Lipinski definition) is 3. The molecule has 2 aliphatic rings. The number of benzene rings is 2. The van der Waals surface area contributed by atoms with Crippen LogP contribution in [0, 0.1) is 12.7 Å². The Morgan fingerprint density at radius 3 is 2.16 bits per heavy atom. The molecule has 7 heteroatoms. The van der Waals surface area contributed by atoms with E-state index in [1.165, 1.54) is 29.2 Å². The van der Waals surface area contributed by atoms with Crippen LogP contribution in [-0.2, 0) is 9.84 Å². The number of halogens is 1. The van der Waals surface area contributed by atoms with Gasteiger partial charge in [0, 0.05) is 11.4 Å². The molecular formula is C18H17FN2O3S. The lowest BCUT2D eigenvalue weighted by molar-refractivity contribution is 0.255. The minimum atomic E-state index is -3.24. The molecule has 2 heterocycles. The highest BCUT2D eigenvalue weighted by molar-refractivity contribution is 7.91. The van der Waals surface area contributed by atoms with Crippen LogP contribution in [0.5, 0.6) is 0 Å². The van der Waals surface area contributed by atoms with Crippen molar-refractivity contribution in [2.24, 2.45) is 0 Å². The largest absolute Gasteiger partial charge is 0.329 e. The monoisotopic (exact) mass is 360 g/mol. The average Bonchev–Trinajstić information content (AvgIpc) is 2.97. The summed E-state index contributed by atoms with van der Waals surface area (Å²) in [5, 5.41) is 0. The molecule has 0 unspecified atom stereocenters. The zero-order valence-electron chi connectivity index (χ0n) is 13.6. The zero-order chi connectivity index (χ0) is 17.8. The summed E-state index contributed by atoms with van der Waals surface area (Å²) in [7, 11) is -3.24. The van der Waals surface area contributed by atoms with Crippen molar-refractivity contribution in [2.45, 2.75) is 19.0 Å². The predicted molar refractivity (Wildman–Crippen MR) is 94.2 cm³/mol. The number of nitrogens with zero attached hydrogens (tertiary/aromatic N) is 2. The molecule has 2 atom stereocenters. The molecule has 5 nitrogen and oxygen atoms in total. The van der Waals surface area contributed by atoms with Crippen molar-refractivity contribution >= 4 is 27.2 Å².